The summed E-state index contributed by atoms with van der Waals surface area (Å²) in [6, 6.07) is 13.3. The van der Waals surface area contributed by atoms with Gasteiger partial charge in [0.2, 0.25) is 0 Å². The van der Waals surface area contributed by atoms with Crippen molar-refractivity contribution in [2.24, 2.45) is 0 Å². The Balaban J connectivity index is 2.04. The predicted octanol–water partition coefficient (Wildman–Crippen LogP) is 3.29. The summed E-state index contributed by atoms with van der Waals surface area (Å²) in [6.07, 6.45) is 2.65. The Morgan fingerprint density at radius 3 is 2.79 bits per heavy atom. The summed E-state index contributed by atoms with van der Waals surface area (Å²) >= 11 is 6.18. The molecule has 0 fully saturated rings. The van der Waals surface area contributed by atoms with E-state index < -0.39 is 0 Å². The average molecular weight is 272 g/mol. The Labute approximate surface area is 118 Å². The SMILES string of the molecule is CN(CCc1ccccn1)c1ccc(C#N)cc1Cl. The maximum Gasteiger partial charge on any atom is 0.0992 e. The second-order valence-electron chi connectivity index (χ2n) is 4.27. The van der Waals surface area contributed by atoms with Gasteiger partial charge in [-0.3, -0.25) is 4.98 Å². The number of rotatable bonds is 4. The Hall–Kier alpha value is -2.05. The van der Waals surface area contributed by atoms with Gasteiger partial charge in [0.15, 0.2) is 0 Å². The second kappa shape index (κ2) is 6.21. The minimum atomic E-state index is 0.576. The number of nitriles is 1. The van der Waals surface area contributed by atoms with Crippen LogP contribution in [0.1, 0.15) is 11.3 Å². The largest absolute Gasteiger partial charge is 0.373 e. The number of hydrogen-bond donors (Lipinski definition) is 0. The first-order valence-corrected chi connectivity index (χ1v) is 6.39. The highest BCUT2D eigenvalue weighted by Gasteiger charge is 2.07. The van der Waals surface area contributed by atoms with Crippen molar-refractivity contribution in [3.63, 3.8) is 0 Å². The summed E-state index contributed by atoms with van der Waals surface area (Å²) in [5.74, 6) is 0. The monoisotopic (exact) mass is 271 g/mol. The van der Waals surface area contributed by atoms with Gasteiger partial charge in [-0.05, 0) is 30.3 Å². The van der Waals surface area contributed by atoms with Gasteiger partial charge in [-0.25, -0.2) is 0 Å². The average Bonchev–Trinajstić information content (AvgIpc) is 2.45. The maximum absolute atomic E-state index is 8.81. The van der Waals surface area contributed by atoms with Crippen LogP contribution in [0, 0.1) is 11.3 Å². The zero-order valence-corrected chi connectivity index (χ0v) is 11.4. The van der Waals surface area contributed by atoms with Gasteiger partial charge in [0, 0.05) is 31.9 Å². The van der Waals surface area contributed by atoms with Gasteiger partial charge < -0.3 is 4.90 Å². The third kappa shape index (κ3) is 3.46. The summed E-state index contributed by atoms with van der Waals surface area (Å²) in [7, 11) is 1.98. The van der Waals surface area contributed by atoms with E-state index in [0.29, 0.717) is 10.6 Å². The molecular weight excluding hydrogens is 258 g/mol. The normalized spacial score (nSPS) is 9.95. The third-order valence-corrected chi connectivity index (χ3v) is 3.22. The summed E-state index contributed by atoms with van der Waals surface area (Å²) in [5.41, 5.74) is 2.56. The summed E-state index contributed by atoms with van der Waals surface area (Å²) in [6.45, 7) is 0.822. The van der Waals surface area contributed by atoms with E-state index in [-0.39, 0.29) is 0 Å². The first-order chi connectivity index (χ1) is 9.20. The first kappa shape index (κ1) is 13.4. The number of nitrogens with zero attached hydrogens (tertiary/aromatic N) is 3. The number of benzene rings is 1. The van der Waals surface area contributed by atoms with Crippen LogP contribution in [-0.4, -0.2) is 18.6 Å². The Morgan fingerprint density at radius 1 is 1.32 bits per heavy atom. The second-order valence-corrected chi connectivity index (χ2v) is 4.68. The lowest BCUT2D eigenvalue weighted by Gasteiger charge is -2.20. The van der Waals surface area contributed by atoms with Crippen LogP contribution in [0.4, 0.5) is 5.69 Å². The summed E-state index contributed by atoms with van der Waals surface area (Å²) in [5, 5.41) is 9.41. The van der Waals surface area contributed by atoms with Crippen LogP contribution in [0.2, 0.25) is 5.02 Å². The molecule has 1 aromatic carbocycles. The van der Waals surface area contributed by atoms with E-state index in [1.165, 1.54) is 0 Å². The van der Waals surface area contributed by atoms with Crippen molar-refractivity contribution in [1.82, 2.24) is 4.98 Å². The van der Waals surface area contributed by atoms with E-state index in [4.69, 9.17) is 16.9 Å². The lowest BCUT2D eigenvalue weighted by atomic mass is 10.2. The smallest absolute Gasteiger partial charge is 0.0992 e. The van der Waals surface area contributed by atoms with Gasteiger partial charge in [-0.1, -0.05) is 17.7 Å². The van der Waals surface area contributed by atoms with Crippen LogP contribution in [0.5, 0.6) is 0 Å². The number of hydrogen-bond acceptors (Lipinski definition) is 3. The van der Waals surface area contributed by atoms with E-state index in [2.05, 4.69) is 16.0 Å². The van der Waals surface area contributed by atoms with E-state index in [1.54, 1.807) is 18.3 Å². The molecule has 2 aromatic rings. The molecule has 0 radical (unpaired) electrons. The first-order valence-electron chi connectivity index (χ1n) is 6.01. The fourth-order valence-electron chi connectivity index (χ4n) is 1.83. The molecule has 0 aliphatic rings. The molecule has 0 bridgehead atoms. The van der Waals surface area contributed by atoms with Crippen molar-refractivity contribution in [2.75, 3.05) is 18.5 Å². The molecule has 0 atom stereocenters. The molecule has 0 unspecified atom stereocenters. The molecule has 4 heteroatoms. The van der Waals surface area contributed by atoms with Crippen LogP contribution in [-0.2, 0) is 6.42 Å². The Morgan fingerprint density at radius 2 is 2.16 bits per heavy atom. The molecule has 0 aliphatic carbocycles. The molecule has 0 amide bonds. The van der Waals surface area contributed by atoms with Crippen molar-refractivity contribution in [2.45, 2.75) is 6.42 Å². The van der Waals surface area contributed by atoms with Crippen LogP contribution >= 0.6 is 11.6 Å². The van der Waals surface area contributed by atoms with Crippen LogP contribution in [0.25, 0.3) is 0 Å². The van der Waals surface area contributed by atoms with Crippen molar-refractivity contribution in [3.05, 3.63) is 58.9 Å². The molecule has 0 N–H and O–H groups in total. The van der Waals surface area contributed by atoms with Crippen LogP contribution in [0.15, 0.2) is 42.6 Å². The summed E-state index contributed by atoms with van der Waals surface area (Å²) in [4.78, 5) is 6.36. The topological polar surface area (TPSA) is 39.9 Å². The highest BCUT2D eigenvalue weighted by atomic mass is 35.5. The molecule has 3 nitrogen and oxygen atoms in total. The van der Waals surface area contributed by atoms with E-state index in [9.17, 15) is 0 Å². The number of anilines is 1. The van der Waals surface area contributed by atoms with Gasteiger partial charge in [-0.2, -0.15) is 5.26 Å². The molecule has 0 saturated carbocycles. The molecule has 96 valence electrons. The lowest BCUT2D eigenvalue weighted by Crippen LogP contribution is -2.21. The van der Waals surface area contributed by atoms with Crippen LogP contribution in [0.3, 0.4) is 0 Å². The Kier molecular flexibility index (Phi) is 4.38. The standard InChI is InChI=1S/C15H14ClN3/c1-19(9-7-13-4-2-3-8-18-13)15-6-5-12(11-17)10-14(15)16/h2-6,8,10H,7,9H2,1H3. The van der Waals surface area contributed by atoms with Gasteiger partial charge >= 0.3 is 0 Å². The highest BCUT2D eigenvalue weighted by Crippen LogP contribution is 2.25. The molecule has 0 spiro atoms. The van der Waals surface area contributed by atoms with Crippen molar-refractivity contribution in [1.29, 1.82) is 5.26 Å². The molecule has 0 aliphatic heterocycles. The van der Waals surface area contributed by atoms with Gasteiger partial charge in [-0.15, -0.1) is 0 Å². The van der Waals surface area contributed by atoms with Crippen molar-refractivity contribution < 1.29 is 0 Å². The minimum absolute atomic E-state index is 0.576. The third-order valence-electron chi connectivity index (χ3n) is 2.92. The molecule has 19 heavy (non-hydrogen) atoms. The molecule has 0 saturated heterocycles. The minimum Gasteiger partial charge on any atom is -0.373 e. The number of likely N-dealkylation sites (N-methyl/N-ethyl adjacent to an activating group) is 1. The zero-order valence-electron chi connectivity index (χ0n) is 10.7. The molecule has 1 aromatic heterocycles. The van der Waals surface area contributed by atoms with Crippen molar-refractivity contribution >= 4 is 17.3 Å². The van der Waals surface area contributed by atoms with E-state index in [0.717, 1.165) is 24.3 Å². The number of aromatic nitrogens is 1. The van der Waals surface area contributed by atoms with Gasteiger partial charge in [0.25, 0.3) is 0 Å². The molecule has 2 rings (SSSR count). The van der Waals surface area contributed by atoms with Crippen LogP contribution < -0.4 is 4.90 Å². The lowest BCUT2D eigenvalue weighted by molar-refractivity contribution is 0.852. The van der Waals surface area contributed by atoms with E-state index in [1.807, 2.05) is 31.3 Å². The van der Waals surface area contributed by atoms with Crippen molar-refractivity contribution in [3.8, 4) is 6.07 Å². The number of pyridine rings is 1. The fraction of sp³-hybridized carbons (Fsp3) is 0.200. The zero-order chi connectivity index (χ0) is 13.7. The fourth-order valence-corrected chi connectivity index (χ4v) is 2.16. The molecule has 1 heterocycles. The quantitative estimate of drug-likeness (QED) is 0.857. The highest BCUT2D eigenvalue weighted by molar-refractivity contribution is 6.33. The maximum atomic E-state index is 8.81. The predicted molar refractivity (Wildman–Crippen MR) is 77.4 cm³/mol. The molecular formula is C15H14ClN3. The summed E-state index contributed by atoms with van der Waals surface area (Å²) < 4.78 is 0. The number of halogens is 1. The Bertz CT molecular complexity index is 590. The van der Waals surface area contributed by atoms with Gasteiger partial charge in [0.05, 0.1) is 22.3 Å². The van der Waals surface area contributed by atoms with E-state index >= 15 is 0 Å². The van der Waals surface area contributed by atoms with Gasteiger partial charge in [0.1, 0.15) is 0 Å².